The van der Waals surface area contributed by atoms with Crippen molar-refractivity contribution < 1.29 is 14.3 Å². The van der Waals surface area contributed by atoms with Crippen LogP contribution in [0.1, 0.15) is 11.1 Å². The second-order valence-electron chi connectivity index (χ2n) is 5.16. The Morgan fingerprint density at radius 1 is 1.35 bits per heavy atom. The quantitative estimate of drug-likeness (QED) is 0.426. The molecule has 0 aliphatic rings. The van der Waals surface area contributed by atoms with Gasteiger partial charge in [0.15, 0.2) is 11.5 Å². The van der Waals surface area contributed by atoms with Gasteiger partial charge in [-0.1, -0.05) is 24.1 Å². The number of hydrazone groups is 1. The number of halogens is 1. The van der Waals surface area contributed by atoms with Crippen LogP contribution in [0.3, 0.4) is 0 Å². The maximum atomic E-state index is 11.9. The summed E-state index contributed by atoms with van der Waals surface area (Å²) < 4.78 is 11.4. The van der Waals surface area contributed by atoms with Gasteiger partial charge in [0.25, 0.3) is 0 Å². The summed E-state index contributed by atoms with van der Waals surface area (Å²) in [5.41, 5.74) is 4.80. The zero-order valence-electron chi connectivity index (χ0n) is 14.4. The average Bonchev–Trinajstić information content (AvgIpc) is 2.63. The number of aryl methyl sites for hydroxylation is 1. The Hall–Kier alpha value is -2.98. The topological polar surface area (TPSA) is 72.0 Å². The molecule has 0 bridgehead atoms. The van der Waals surface area contributed by atoms with Crippen molar-refractivity contribution in [1.29, 1.82) is 0 Å². The van der Waals surface area contributed by atoms with E-state index in [1.165, 1.54) is 13.3 Å². The summed E-state index contributed by atoms with van der Waals surface area (Å²) >= 11 is 3.43. The van der Waals surface area contributed by atoms with Crippen LogP contribution in [0.5, 0.6) is 11.5 Å². The predicted octanol–water partition coefficient (Wildman–Crippen LogP) is 3.93. The third kappa shape index (κ3) is 5.26. The van der Waals surface area contributed by atoms with E-state index in [1.807, 2.05) is 31.2 Å². The van der Waals surface area contributed by atoms with E-state index in [4.69, 9.17) is 15.9 Å². The van der Waals surface area contributed by atoms with Gasteiger partial charge in [0.2, 0.25) is 0 Å². The van der Waals surface area contributed by atoms with Crippen LogP contribution in [-0.4, -0.2) is 26.0 Å². The van der Waals surface area contributed by atoms with Gasteiger partial charge < -0.3 is 14.8 Å². The first-order valence-corrected chi connectivity index (χ1v) is 8.44. The van der Waals surface area contributed by atoms with Crippen molar-refractivity contribution in [2.75, 3.05) is 19.0 Å². The van der Waals surface area contributed by atoms with Crippen LogP contribution in [0.2, 0.25) is 0 Å². The number of benzene rings is 2. The summed E-state index contributed by atoms with van der Waals surface area (Å²) in [7, 11) is 1.53. The molecular formula is C19H18BrN3O3. The molecule has 7 heteroatoms. The third-order valence-electron chi connectivity index (χ3n) is 3.36. The third-order valence-corrected chi connectivity index (χ3v) is 4.04. The Bertz CT molecular complexity index is 860. The molecule has 0 spiro atoms. The molecule has 0 saturated carbocycles. The Balaban J connectivity index is 2.04. The van der Waals surface area contributed by atoms with E-state index in [1.54, 1.807) is 12.1 Å². The first-order chi connectivity index (χ1) is 12.5. The van der Waals surface area contributed by atoms with Crippen molar-refractivity contribution in [3.63, 3.8) is 0 Å². The van der Waals surface area contributed by atoms with Gasteiger partial charge >= 0.3 is 6.03 Å². The molecule has 2 amide bonds. The molecule has 2 rings (SSSR count). The number of hydrogen-bond acceptors (Lipinski definition) is 4. The number of nitrogens with one attached hydrogen (secondary N) is 2. The van der Waals surface area contributed by atoms with Crippen LogP contribution < -0.4 is 20.2 Å². The summed E-state index contributed by atoms with van der Waals surface area (Å²) in [5.74, 6) is 3.42. The number of amides is 2. The van der Waals surface area contributed by atoms with Gasteiger partial charge in [-0.2, -0.15) is 5.10 Å². The molecule has 0 aromatic heterocycles. The minimum absolute atomic E-state index is 0.136. The van der Waals surface area contributed by atoms with Gasteiger partial charge in [-0.15, -0.1) is 6.42 Å². The van der Waals surface area contributed by atoms with Gasteiger partial charge in [-0.05, 0) is 46.6 Å². The summed E-state index contributed by atoms with van der Waals surface area (Å²) in [5, 5.41) is 6.68. The minimum atomic E-state index is -0.437. The number of terminal acetylenes is 1. The van der Waals surface area contributed by atoms with Gasteiger partial charge in [0, 0.05) is 15.7 Å². The fourth-order valence-electron chi connectivity index (χ4n) is 2.07. The lowest BCUT2D eigenvalue weighted by Crippen LogP contribution is -2.24. The molecule has 0 heterocycles. The fraction of sp³-hybridized carbons (Fsp3) is 0.158. The molecule has 134 valence electrons. The average molecular weight is 416 g/mol. The first kappa shape index (κ1) is 19.3. The van der Waals surface area contributed by atoms with Crippen molar-refractivity contribution in [2.45, 2.75) is 6.92 Å². The largest absolute Gasteiger partial charge is 0.493 e. The molecule has 2 aromatic carbocycles. The molecular weight excluding hydrogens is 398 g/mol. The van der Waals surface area contributed by atoms with Crippen LogP contribution in [0, 0.1) is 19.3 Å². The number of rotatable bonds is 6. The Labute approximate surface area is 160 Å². The van der Waals surface area contributed by atoms with E-state index in [-0.39, 0.29) is 6.61 Å². The summed E-state index contributed by atoms with van der Waals surface area (Å²) in [6.45, 7) is 2.04. The highest BCUT2D eigenvalue weighted by Crippen LogP contribution is 2.32. The molecule has 2 aromatic rings. The number of urea groups is 1. The van der Waals surface area contributed by atoms with E-state index in [0.29, 0.717) is 17.1 Å². The Morgan fingerprint density at radius 2 is 2.12 bits per heavy atom. The number of carbonyl (C=O) groups is 1. The van der Waals surface area contributed by atoms with E-state index in [2.05, 4.69) is 37.7 Å². The first-order valence-electron chi connectivity index (χ1n) is 7.64. The highest BCUT2D eigenvalue weighted by Gasteiger charge is 2.09. The number of ether oxygens (including phenoxy) is 2. The molecule has 0 unspecified atom stereocenters. The number of para-hydroxylation sites is 1. The summed E-state index contributed by atoms with van der Waals surface area (Å²) in [4.78, 5) is 11.9. The van der Waals surface area contributed by atoms with Crippen LogP contribution in [-0.2, 0) is 0 Å². The monoisotopic (exact) mass is 415 g/mol. The Morgan fingerprint density at radius 3 is 2.81 bits per heavy atom. The summed E-state index contributed by atoms with van der Waals surface area (Å²) in [6.07, 6.45) is 6.69. The Kier molecular flexibility index (Phi) is 7.06. The standard InChI is InChI=1S/C19H18BrN3O3/c1-4-9-26-18-11-15(20)14(10-17(18)25-3)12-21-23-19(24)22-16-8-6-5-7-13(16)2/h1,5-8,10-12H,9H2,2-3H3,(H2,22,23,24). The van der Waals surface area contributed by atoms with Crippen LogP contribution >= 0.6 is 15.9 Å². The SMILES string of the molecule is C#CCOc1cc(Br)c(C=NNC(=O)Nc2ccccc2C)cc1OC. The zero-order chi connectivity index (χ0) is 18.9. The van der Waals surface area contributed by atoms with Crippen molar-refractivity contribution >= 4 is 33.9 Å². The lowest BCUT2D eigenvalue weighted by molar-refractivity contribution is 0.252. The molecule has 0 atom stereocenters. The van der Waals surface area contributed by atoms with Crippen molar-refractivity contribution in [3.05, 3.63) is 52.0 Å². The van der Waals surface area contributed by atoms with E-state index in [0.717, 1.165) is 15.7 Å². The molecule has 2 N–H and O–H groups in total. The highest BCUT2D eigenvalue weighted by atomic mass is 79.9. The second kappa shape index (κ2) is 9.49. The smallest absolute Gasteiger partial charge is 0.339 e. The lowest BCUT2D eigenvalue weighted by Gasteiger charge is -2.11. The molecule has 26 heavy (non-hydrogen) atoms. The lowest BCUT2D eigenvalue weighted by atomic mass is 10.2. The van der Waals surface area contributed by atoms with Gasteiger partial charge in [0.05, 0.1) is 13.3 Å². The van der Waals surface area contributed by atoms with Crippen molar-refractivity contribution in [3.8, 4) is 23.8 Å². The molecule has 6 nitrogen and oxygen atoms in total. The second-order valence-corrected chi connectivity index (χ2v) is 6.01. The van der Waals surface area contributed by atoms with Crippen molar-refractivity contribution in [2.24, 2.45) is 5.10 Å². The van der Waals surface area contributed by atoms with Gasteiger partial charge in [-0.25, -0.2) is 10.2 Å². The van der Waals surface area contributed by atoms with Crippen LogP contribution in [0.4, 0.5) is 10.5 Å². The molecule has 0 fully saturated rings. The van der Waals surface area contributed by atoms with Crippen LogP contribution in [0.15, 0.2) is 46.0 Å². The maximum absolute atomic E-state index is 11.9. The van der Waals surface area contributed by atoms with Gasteiger partial charge in [-0.3, -0.25) is 0 Å². The van der Waals surface area contributed by atoms with E-state index < -0.39 is 6.03 Å². The van der Waals surface area contributed by atoms with Crippen LogP contribution in [0.25, 0.3) is 0 Å². The molecule has 0 aliphatic carbocycles. The molecule has 0 saturated heterocycles. The highest BCUT2D eigenvalue weighted by molar-refractivity contribution is 9.10. The fourth-order valence-corrected chi connectivity index (χ4v) is 2.49. The van der Waals surface area contributed by atoms with E-state index in [9.17, 15) is 4.79 Å². The van der Waals surface area contributed by atoms with E-state index >= 15 is 0 Å². The number of carbonyl (C=O) groups excluding carboxylic acids is 1. The van der Waals surface area contributed by atoms with Gasteiger partial charge in [0.1, 0.15) is 6.61 Å². The minimum Gasteiger partial charge on any atom is -0.493 e. The zero-order valence-corrected chi connectivity index (χ0v) is 16.0. The molecule has 0 radical (unpaired) electrons. The molecule has 0 aliphatic heterocycles. The number of anilines is 1. The summed E-state index contributed by atoms with van der Waals surface area (Å²) in [6, 6.07) is 10.5. The maximum Gasteiger partial charge on any atom is 0.339 e. The number of nitrogens with zero attached hydrogens (tertiary/aromatic N) is 1. The number of methoxy groups -OCH3 is 1. The van der Waals surface area contributed by atoms with Crippen molar-refractivity contribution in [1.82, 2.24) is 5.43 Å². The number of hydrogen-bond donors (Lipinski definition) is 2. The predicted molar refractivity (Wildman–Crippen MR) is 106 cm³/mol. The normalized spacial score (nSPS) is 10.2.